The Kier molecular flexibility index (Phi) is 3.50. The summed E-state index contributed by atoms with van der Waals surface area (Å²) in [4.78, 5) is 7.14. The van der Waals surface area contributed by atoms with E-state index in [1.165, 1.54) is 10.4 Å². The van der Waals surface area contributed by atoms with Gasteiger partial charge in [0, 0.05) is 5.56 Å². The molecule has 1 aromatic heterocycles. The number of nitrogens with zero attached hydrogens (tertiary/aromatic N) is 2. The number of aryl methyl sites for hydroxylation is 1. The first-order valence-electron chi connectivity index (χ1n) is 6.60. The van der Waals surface area contributed by atoms with Gasteiger partial charge in [0.05, 0.1) is 12.4 Å². The van der Waals surface area contributed by atoms with Crippen molar-refractivity contribution >= 4 is 0 Å². The standard InChI is InChI=1S/C17H16N2O/c1-14-7-9-16(10-8-14)17-11-18-19(12-17)20-13-15-5-3-2-4-6-15/h2-12H,13H2,1H3. The lowest BCUT2D eigenvalue weighted by molar-refractivity contribution is 0.0701. The minimum Gasteiger partial charge on any atom is -0.392 e. The van der Waals surface area contributed by atoms with Gasteiger partial charge in [-0.25, -0.2) is 0 Å². The van der Waals surface area contributed by atoms with Gasteiger partial charge in [0.15, 0.2) is 0 Å². The fourth-order valence-corrected chi connectivity index (χ4v) is 1.99. The molecule has 0 saturated carbocycles. The Morgan fingerprint density at radius 2 is 1.70 bits per heavy atom. The lowest BCUT2D eigenvalue weighted by Crippen LogP contribution is -2.11. The molecule has 0 N–H and O–H groups in total. The van der Waals surface area contributed by atoms with Crippen LogP contribution in [0.25, 0.3) is 11.1 Å². The molecule has 0 unspecified atom stereocenters. The molecule has 100 valence electrons. The molecule has 0 aliphatic rings. The highest BCUT2D eigenvalue weighted by atomic mass is 16.7. The van der Waals surface area contributed by atoms with E-state index in [0.717, 1.165) is 16.7 Å². The van der Waals surface area contributed by atoms with Crippen LogP contribution in [0.15, 0.2) is 67.0 Å². The average Bonchev–Trinajstić information content (AvgIpc) is 2.96. The second-order valence-corrected chi connectivity index (χ2v) is 4.76. The summed E-state index contributed by atoms with van der Waals surface area (Å²) >= 11 is 0. The van der Waals surface area contributed by atoms with E-state index in [2.05, 4.69) is 36.3 Å². The van der Waals surface area contributed by atoms with Crippen LogP contribution in [0.1, 0.15) is 11.1 Å². The molecule has 1 heterocycles. The number of benzene rings is 2. The highest BCUT2D eigenvalue weighted by Gasteiger charge is 2.02. The van der Waals surface area contributed by atoms with Crippen LogP contribution in [0.2, 0.25) is 0 Å². The Bertz CT molecular complexity index is 672. The van der Waals surface area contributed by atoms with Crippen molar-refractivity contribution < 1.29 is 4.84 Å². The average molecular weight is 264 g/mol. The van der Waals surface area contributed by atoms with Gasteiger partial charge in [0.1, 0.15) is 6.61 Å². The number of hydrogen-bond acceptors (Lipinski definition) is 2. The van der Waals surface area contributed by atoms with Gasteiger partial charge in [-0.15, -0.1) is 9.94 Å². The predicted molar refractivity (Wildman–Crippen MR) is 79.1 cm³/mol. The highest BCUT2D eigenvalue weighted by molar-refractivity contribution is 5.61. The van der Waals surface area contributed by atoms with Crippen molar-refractivity contribution in [1.29, 1.82) is 0 Å². The fourth-order valence-electron chi connectivity index (χ4n) is 1.99. The Labute approximate surface area is 118 Å². The van der Waals surface area contributed by atoms with E-state index in [1.807, 2.05) is 42.7 Å². The van der Waals surface area contributed by atoms with E-state index in [-0.39, 0.29) is 0 Å². The maximum absolute atomic E-state index is 5.62. The van der Waals surface area contributed by atoms with E-state index in [0.29, 0.717) is 6.61 Å². The van der Waals surface area contributed by atoms with Gasteiger partial charge in [-0.3, -0.25) is 0 Å². The summed E-state index contributed by atoms with van der Waals surface area (Å²) in [5.41, 5.74) is 4.57. The first-order valence-corrected chi connectivity index (χ1v) is 6.60. The molecule has 0 amide bonds. The molecule has 3 heteroatoms. The lowest BCUT2D eigenvalue weighted by atomic mass is 10.1. The van der Waals surface area contributed by atoms with Crippen LogP contribution in [0, 0.1) is 6.92 Å². The van der Waals surface area contributed by atoms with E-state index in [9.17, 15) is 0 Å². The van der Waals surface area contributed by atoms with E-state index < -0.39 is 0 Å². The normalized spacial score (nSPS) is 10.4. The Morgan fingerprint density at radius 3 is 2.45 bits per heavy atom. The Morgan fingerprint density at radius 1 is 0.950 bits per heavy atom. The van der Waals surface area contributed by atoms with Crippen molar-refractivity contribution in [2.75, 3.05) is 0 Å². The van der Waals surface area contributed by atoms with Crippen LogP contribution in [-0.4, -0.2) is 9.94 Å². The lowest BCUT2D eigenvalue weighted by Gasteiger charge is -2.04. The number of rotatable bonds is 4. The summed E-state index contributed by atoms with van der Waals surface area (Å²) in [5.74, 6) is 0. The van der Waals surface area contributed by atoms with Crippen LogP contribution >= 0.6 is 0 Å². The molecule has 0 saturated heterocycles. The van der Waals surface area contributed by atoms with Crippen LogP contribution < -0.4 is 4.84 Å². The van der Waals surface area contributed by atoms with E-state index >= 15 is 0 Å². The van der Waals surface area contributed by atoms with Crippen molar-refractivity contribution in [2.24, 2.45) is 0 Å². The predicted octanol–water partition coefficient (Wildman–Crippen LogP) is 3.49. The van der Waals surface area contributed by atoms with Crippen molar-refractivity contribution in [3.05, 3.63) is 78.1 Å². The molecule has 20 heavy (non-hydrogen) atoms. The first-order chi connectivity index (χ1) is 9.81. The summed E-state index contributed by atoms with van der Waals surface area (Å²) in [6, 6.07) is 18.4. The highest BCUT2D eigenvalue weighted by Crippen LogP contribution is 2.18. The Hall–Kier alpha value is -2.55. The molecule has 2 aromatic carbocycles. The zero-order chi connectivity index (χ0) is 13.8. The molecular weight excluding hydrogens is 248 g/mol. The van der Waals surface area contributed by atoms with Crippen LogP contribution in [0.4, 0.5) is 0 Å². The zero-order valence-corrected chi connectivity index (χ0v) is 11.4. The summed E-state index contributed by atoms with van der Waals surface area (Å²) in [6.07, 6.45) is 3.71. The molecule has 0 aliphatic carbocycles. The Balaban J connectivity index is 1.69. The molecule has 0 atom stereocenters. The summed E-state index contributed by atoms with van der Waals surface area (Å²) in [7, 11) is 0. The molecular formula is C17H16N2O. The van der Waals surface area contributed by atoms with Crippen LogP contribution in [-0.2, 0) is 6.61 Å². The van der Waals surface area contributed by atoms with Gasteiger partial charge < -0.3 is 4.84 Å². The third kappa shape index (κ3) is 2.88. The quantitative estimate of drug-likeness (QED) is 0.721. The number of aromatic nitrogens is 2. The second kappa shape index (κ2) is 5.61. The third-order valence-corrected chi connectivity index (χ3v) is 3.15. The minimum atomic E-state index is 0.510. The largest absolute Gasteiger partial charge is 0.392 e. The maximum Gasteiger partial charge on any atom is 0.142 e. The van der Waals surface area contributed by atoms with Crippen LogP contribution in [0.3, 0.4) is 0 Å². The van der Waals surface area contributed by atoms with Gasteiger partial charge in [-0.2, -0.15) is 0 Å². The smallest absolute Gasteiger partial charge is 0.142 e. The molecule has 0 radical (unpaired) electrons. The van der Waals surface area contributed by atoms with Gasteiger partial charge in [-0.05, 0) is 18.1 Å². The van der Waals surface area contributed by atoms with Crippen molar-refractivity contribution in [1.82, 2.24) is 9.94 Å². The van der Waals surface area contributed by atoms with E-state index in [1.54, 1.807) is 0 Å². The van der Waals surface area contributed by atoms with Crippen molar-refractivity contribution in [2.45, 2.75) is 13.5 Å². The zero-order valence-electron chi connectivity index (χ0n) is 11.4. The second-order valence-electron chi connectivity index (χ2n) is 4.76. The topological polar surface area (TPSA) is 27.1 Å². The summed E-state index contributed by atoms with van der Waals surface area (Å²) in [5, 5.41) is 4.22. The minimum absolute atomic E-state index is 0.510. The van der Waals surface area contributed by atoms with Gasteiger partial charge in [0.25, 0.3) is 0 Å². The summed E-state index contributed by atoms with van der Waals surface area (Å²) < 4.78 is 0. The maximum atomic E-state index is 5.62. The third-order valence-electron chi connectivity index (χ3n) is 3.15. The molecule has 3 rings (SSSR count). The van der Waals surface area contributed by atoms with Crippen LogP contribution in [0.5, 0.6) is 0 Å². The van der Waals surface area contributed by atoms with Crippen molar-refractivity contribution in [3.63, 3.8) is 0 Å². The fraction of sp³-hybridized carbons (Fsp3) is 0.118. The molecule has 3 nitrogen and oxygen atoms in total. The van der Waals surface area contributed by atoms with Gasteiger partial charge in [0.2, 0.25) is 0 Å². The molecule has 0 aliphatic heterocycles. The van der Waals surface area contributed by atoms with Gasteiger partial charge in [-0.1, -0.05) is 60.2 Å². The molecule has 3 aromatic rings. The monoisotopic (exact) mass is 264 g/mol. The summed E-state index contributed by atoms with van der Waals surface area (Å²) in [6.45, 7) is 2.59. The molecule has 0 bridgehead atoms. The molecule has 0 spiro atoms. The van der Waals surface area contributed by atoms with E-state index in [4.69, 9.17) is 4.84 Å². The van der Waals surface area contributed by atoms with Crippen molar-refractivity contribution in [3.8, 4) is 11.1 Å². The SMILES string of the molecule is Cc1ccc(-c2cnn(OCc3ccccc3)c2)cc1. The molecule has 0 fully saturated rings. The van der Waals surface area contributed by atoms with Gasteiger partial charge >= 0.3 is 0 Å². The first kappa shape index (κ1) is 12.5. The number of hydrogen-bond donors (Lipinski definition) is 0.